The smallest absolute Gasteiger partial charge is 0.191 e. The zero-order chi connectivity index (χ0) is 18.0. The number of likely N-dealkylation sites (tertiary alicyclic amines) is 1. The van der Waals surface area contributed by atoms with Crippen LogP contribution in [0.2, 0.25) is 0 Å². The molecule has 0 amide bonds. The summed E-state index contributed by atoms with van der Waals surface area (Å²) < 4.78 is 0. The lowest BCUT2D eigenvalue weighted by molar-refractivity contribution is 0.328. The monoisotopic (exact) mass is 350 g/mol. The number of nitrogens with one attached hydrogen (secondary N) is 2. The number of nitrogens with zero attached hydrogens (tertiary/aromatic N) is 2. The van der Waals surface area contributed by atoms with Gasteiger partial charge in [-0.3, -0.25) is 4.99 Å². The van der Waals surface area contributed by atoms with Crippen molar-refractivity contribution in [2.75, 3.05) is 33.2 Å². The molecular weight excluding hydrogens is 320 g/mol. The van der Waals surface area contributed by atoms with E-state index in [-0.39, 0.29) is 0 Å². The second kappa shape index (κ2) is 9.97. The highest BCUT2D eigenvalue weighted by Gasteiger charge is 2.22. The molecule has 1 fully saturated rings. The van der Waals surface area contributed by atoms with E-state index in [9.17, 15) is 0 Å². The standard InChI is InChI=1S/C22H30N4/c1-23-22(24-16-20-10-6-3-7-11-20)25-17-21-13-15-26(18-21)14-12-19-8-4-2-5-9-19/h2-11,21H,12-18H2,1H3,(H2,23,24,25). The second-order valence-corrected chi connectivity index (χ2v) is 6.98. The van der Waals surface area contributed by atoms with Crippen molar-refractivity contribution < 1.29 is 0 Å². The molecule has 2 N–H and O–H groups in total. The van der Waals surface area contributed by atoms with Crippen molar-refractivity contribution in [3.8, 4) is 0 Å². The summed E-state index contributed by atoms with van der Waals surface area (Å²) in [6.45, 7) is 5.32. The van der Waals surface area contributed by atoms with Crippen LogP contribution in [0.15, 0.2) is 65.7 Å². The largest absolute Gasteiger partial charge is 0.356 e. The highest BCUT2D eigenvalue weighted by atomic mass is 15.2. The summed E-state index contributed by atoms with van der Waals surface area (Å²) in [5.74, 6) is 1.58. The number of aliphatic imine (C=N–C) groups is 1. The van der Waals surface area contributed by atoms with Gasteiger partial charge in [-0.1, -0.05) is 60.7 Å². The van der Waals surface area contributed by atoms with E-state index in [2.05, 4.69) is 75.1 Å². The van der Waals surface area contributed by atoms with Gasteiger partial charge in [0.05, 0.1) is 0 Å². The summed E-state index contributed by atoms with van der Waals surface area (Å²) in [7, 11) is 1.83. The van der Waals surface area contributed by atoms with Crippen LogP contribution in [0.1, 0.15) is 17.5 Å². The zero-order valence-corrected chi connectivity index (χ0v) is 15.7. The summed E-state index contributed by atoms with van der Waals surface area (Å²) >= 11 is 0. The van der Waals surface area contributed by atoms with Gasteiger partial charge in [0, 0.05) is 33.2 Å². The fourth-order valence-electron chi connectivity index (χ4n) is 3.46. The van der Waals surface area contributed by atoms with Crippen LogP contribution in [0.3, 0.4) is 0 Å². The van der Waals surface area contributed by atoms with Crippen LogP contribution in [0, 0.1) is 5.92 Å². The van der Waals surface area contributed by atoms with E-state index < -0.39 is 0 Å². The zero-order valence-electron chi connectivity index (χ0n) is 15.7. The van der Waals surface area contributed by atoms with E-state index in [0.717, 1.165) is 32.0 Å². The molecule has 1 heterocycles. The predicted molar refractivity (Wildman–Crippen MR) is 109 cm³/mol. The van der Waals surface area contributed by atoms with Crippen molar-refractivity contribution in [2.45, 2.75) is 19.4 Å². The molecular formula is C22H30N4. The molecule has 26 heavy (non-hydrogen) atoms. The van der Waals surface area contributed by atoms with Crippen LogP contribution >= 0.6 is 0 Å². The molecule has 1 aliphatic rings. The topological polar surface area (TPSA) is 39.7 Å². The van der Waals surface area contributed by atoms with E-state index >= 15 is 0 Å². The lowest BCUT2D eigenvalue weighted by Gasteiger charge is -2.17. The highest BCUT2D eigenvalue weighted by molar-refractivity contribution is 5.79. The quantitative estimate of drug-likeness (QED) is 0.596. The van der Waals surface area contributed by atoms with Crippen LogP contribution in [-0.2, 0) is 13.0 Å². The van der Waals surface area contributed by atoms with Gasteiger partial charge in [0.2, 0.25) is 0 Å². The Morgan fingerprint density at radius 2 is 1.69 bits per heavy atom. The van der Waals surface area contributed by atoms with Crippen LogP contribution in [0.5, 0.6) is 0 Å². The lowest BCUT2D eigenvalue weighted by atomic mass is 10.1. The summed E-state index contributed by atoms with van der Waals surface area (Å²) in [4.78, 5) is 6.92. The molecule has 1 unspecified atom stereocenters. The van der Waals surface area contributed by atoms with Gasteiger partial charge in [0.15, 0.2) is 5.96 Å². The fraction of sp³-hybridized carbons (Fsp3) is 0.409. The third-order valence-corrected chi connectivity index (χ3v) is 5.01. The van der Waals surface area contributed by atoms with Crippen LogP contribution < -0.4 is 10.6 Å². The van der Waals surface area contributed by atoms with Gasteiger partial charge < -0.3 is 15.5 Å². The summed E-state index contributed by atoms with van der Waals surface area (Å²) in [6.07, 6.45) is 2.40. The van der Waals surface area contributed by atoms with Crippen LogP contribution in [-0.4, -0.2) is 44.1 Å². The average Bonchev–Trinajstić information content (AvgIpc) is 3.16. The van der Waals surface area contributed by atoms with Gasteiger partial charge in [0.1, 0.15) is 0 Å². The van der Waals surface area contributed by atoms with E-state index in [4.69, 9.17) is 0 Å². The molecule has 0 radical (unpaired) electrons. The number of rotatable bonds is 7. The summed E-state index contributed by atoms with van der Waals surface area (Å²) in [5, 5.41) is 6.88. The first kappa shape index (κ1) is 18.5. The molecule has 4 nitrogen and oxygen atoms in total. The van der Waals surface area contributed by atoms with Gasteiger partial charge in [0.25, 0.3) is 0 Å². The summed E-state index contributed by atoms with van der Waals surface area (Å²) in [5.41, 5.74) is 2.70. The van der Waals surface area contributed by atoms with E-state index in [1.54, 1.807) is 0 Å². The minimum Gasteiger partial charge on any atom is -0.356 e. The third kappa shape index (κ3) is 5.88. The minimum absolute atomic E-state index is 0.695. The molecule has 0 bridgehead atoms. The SMILES string of the molecule is CN=C(NCc1ccccc1)NCC1CCN(CCc2ccccc2)C1. The van der Waals surface area contributed by atoms with Crippen molar-refractivity contribution in [3.63, 3.8) is 0 Å². The fourth-order valence-corrected chi connectivity index (χ4v) is 3.46. The molecule has 4 heteroatoms. The first-order valence-corrected chi connectivity index (χ1v) is 9.58. The molecule has 2 aromatic carbocycles. The van der Waals surface area contributed by atoms with Gasteiger partial charge >= 0.3 is 0 Å². The Labute approximate surface area is 157 Å². The van der Waals surface area contributed by atoms with Crippen molar-refractivity contribution in [1.82, 2.24) is 15.5 Å². The van der Waals surface area contributed by atoms with Crippen molar-refractivity contribution in [1.29, 1.82) is 0 Å². The molecule has 0 aromatic heterocycles. The Morgan fingerprint density at radius 1 is 1.00 bits per heavy atom. The van der Waals surface area contributed by atoms with Crippen molar-refractivity contribution in [2.24, 2.45) is 10.9 Å². The Morgan fingerprint density at radius 3 is 2.38 bits per heavy atom. The molecule has 1 saturated heterocycles. The number of hydrogen-bond acceptors (Lipinski definition) is 2. The maximum absolute atomic E-state index is 4.34. The van der Waals surface area contributed by atoms with Crippen LogP contribution in [0.4, 0.5) is 0 Å². The maximum atomic E-state index is 4.34. The van der Waals surface area contributed by atoms with E-state index in [1.165, 1.54) is 30.6 Å². The van der Waals surface area contributed by atoms with E-state index in [1.807, 2.05) is 13.1 Å². The first-order chi connectivity index (χ1) is 12.8. The maximum Gasteiger partial charge on any atom is 0.191 e. The number of hydrogen-bond donors (Lipinski definition) is 2. The average molecular weight is 351 g/mol. The minimum atomic E-state index is 0.695. The Kier molecular flexibility index (Phi) is 7.08. The van der Waals surface area contributed by atoms with E-state index in [0.29, 0.717) is 5.92 Å². The first-order valence-electron chi connectivity index (χ1n) is 9.58. The van der Waals surface area contributed by atoms with Crippen LogP contribution in [0.25, 0.3) is 0 Å². The third-order valence-electron chi connectivity index (χ3n) is 5.01. The molecule has 0 spiro atoms. The van der Waals surface area contributed by atoms with Gasteiger partial charge in [-0.05, 0) is 36.4 Å². The molecule has 1 aliphatic heterocycles. The summed E-state index contributed by atoms with van der Waals surface area (Å²) in [6, 6.07) is 21.2. The molecule has 2 aromatic rings. The highest BCUT2D eigenvalue weighted by Crippen LogP contribution is 2.16. The molecule has 3 rings (SSSR count). The molecule has 138 valence electrons. The molecule has 1 atom stereocenters. The Bertz CT molecular complexity index is 669. The molecule has 0 saturated carbocycles. The van der Waals surface area contributed by atoms with Gasteiger partial charge in [-0.15, -0.1) is 0 Å². The van der Waals surface area contributed by atoms with Gasteiger partial charge in [-0.25, -0.2) is 0 Å². The molecule has 0 aliphatic carbocycles. The number of benzene rings is 2. The van der Waals surface area contributed by atoms with Crippen molar-refractivity contribution in [3.05, 3.63) is 71.8 Å². The Balaban J connectivity index is 1.35. The predicted octanol–water partition coefficient (Wildman–Crippen LogP) is 2.92. The lowest BCUT2D eigenvalue weighted by Crippen LogP contribution is -2.40. The van der Waals surface area contributed by atoms with Crippen molar-refractivity contribution >= 4 is 5.96 Å². The number of guanidine groups is 1. The second-order valence-electron chi connectivity index (χ2n) is 6.98. The van der Waals surface area contributed by atoms with Gasteiger partial charge in [-0.2, -0.15) is 0 Å². The Hall–Kier alpha value is -2.33. The normalized spacial score (nSPS) is 18.0.